The van der Waals surface area contributed by atoms with Gasteiger partial charge in [0.2, 0.25) is 0 Å². The maximum Gasteiger partial charge on any atom is 0.195 e. The summed E-state index contributed by atoms with van der Waals surface area (Å²) in [5, 5.41) is 0.785. The topological polar surface area (TPSA) is 73.4 Å². The molecule has 0 aliphatic heterocycles. The van der Waals surface area contributed by atoms with Gasteiger partial charge in [0.25, 0.3) is 0 Å². The highest BCUT2D eigenvalue weighted by atomic mass is 16.5. The van der Waals surface area contributed by atoms with Gasteiger partial charge < -0.3 is 19.2 Å². The van der Waals surface area contributed by atoms with Gasteiger partial charge in [0, 0.05) is 35.0 Å². The molecule has 0 aliphatic carbocycles. The predicted octanol–water partition coefficient (Wildman–Crippen LogP) is 4.41. The second-order valence-electron chi connectivity index (χ2n) is 6.90. The molecule has 30 heavy (non-hydrogen) atoms. The van der Waals surface area contributed by atoms with E-state index < -0.39 is 0 Å². The molecule has 0 atom stereocenters. The SMILES string of the molecule is COc1ccc(Cc2cnc3[nH]cc(C(=O)c4cc(OC)cc(OC)c4)c3c2)cc1. The molecule has 6 nitrogen and oxygen atoms in total. The number of ether oxygens (including phenoxy) is 3. The minimum absolute atomic E-state index is 0.123. The molecule has 0 fully saturated rings. The lowest BCUT2D eigenvalue weighted by Gasteiger charge is -2.08. The van der Waals surface area contributed by atoms with Crippen molar-refractivity contribution in [2.75, 3.05) is 21.3 Å². The van der Waals surface area contributed by atoms with Crippen LogP contribution in [0.15, 0.2) is 60.9 Å². The number of aromatic nitrogens is 2. The lowest BCUT2D eigenvalue weighted by Crippen LogP contribution is -2.02. The third kappa shape index (κ3) is 3.85. The van der Waals surface area contributed by atoms with E-state index in [-0.39, 0.29) is 5.78 Å². The molecule has 0 spiro atoms. The first-order valence-corrected chi connectivity index (χ1v) is 9.48. The Labute approximate surface area is 174 Å². The van der Waals surface area contributed by atoms with Crippen LogP contribution in [0, 0.1) is 0 Å². The number of fused-ring (bicyclic) bond motifs is 1. The molecule has 6 heteroatoms. The number of carbonyl (C=O) groups is 1. The number of rotatable bonds is 7. The summed E-state index contributed by atoms with van der Waals surface area (Å²) in [5.74, 6) is 1.83. The fourth-order valence-corrected chi connectivity index (χ4v) is 3.40. The zero-order valence-electron chi connectivity index (χ0n) is 17.1. The maximum atomic E-state index is 13.2. The third-order valence-corrected chi connectivity index (χ3v) is 5.01. The van der Waals surface area contributed by atoms with Crippen LogP contribution in [0.3, 0.4) is 0 Å². The minimum Gasteiger partial charge on any atom is -0.497 e. The van der Waals surface area contributed by atoms with E-state index in [0.717, 1.165) is 22.3 Å². The summed E-state index contributed by atoms with van der Waals surface area (Å²) >= 11 is 0. The van der Waals surface area contributed by atoms with E-state index >= 15 is 0 Å². The van der Waals surface area contributed by atoms with Gasteiger partial charge in [0.15, 0.2) is 5.78 Å². The van der Waals surface area contributed by atoms with Gasteiger partial charge in [-0.3, -0.25) is 4.79 Å². The molecule has 0 saturated heterocycles. The van der Waals surface area contributed by atoms with Gasteiger partial charge >= 0.3 is 0 Å². The number of benzene rings is 2. The van der Waals surface area contributed by atoms with Gasteiger partial charge in [-0.2, -0.15) is 0 Å². The molecule has 152 valence electrons. The summed E-state index contributed by atoms with van der Waals surface area (Å²) in [6.07, 6.45) is 4.23. The second-order valence-corrected chi connectivity index (χ2v) is 6.90. The third-order valence-electron chi connectivity index (χ3n) is 5.01. The Balaban J connectivity index is 1.68. The molecule has 0 unspecified atom stereocenters. The van der Waals surface area contributed by atoms with Crippen LogP contribution in [0.1, 0.15) is 27.0 Å². The lowest BCUT2D eigenvalue weighted by molar-refractivity contribution is 0.103. The zero-order chi connectivity index (χ0) is 21.1. The van der Waals surface area contributed by atoms with E-state index in [4.69, 9.17) is 14.2 Å². The van der Waals surface area contributed by atoms with E-state index in [1.165, 1.54) is 0 Å². The Morgan fingerprint density at radius 3 is 2.17 bits per heavy atom. The molecular formula is C24H22N2O4. The molecule has 4 aromatic rings. The largest absolute Gasteiger partial charge is 0.497 e. The molecule has 0 saturated carbocycles. The van der Waals surface area contributed by atoms with Crippen LogP contribution in [-0.2, 0) is 6.42 Å². The summed E-state index contributed by atoms with van der Waals surface area (Å²) in [7, 11) is 4.77. The number of H-pyrrole nitrogens is 1. The Kier molecular flexibility index (Phi) is 5.39. The van der Waals surface area contributed by atoms with E-state index in [2.05, 4.69) is 9.97 Å². The van der Waals surface area contributed by atoms with Crippen molar-refractivity contribution in [1.82, 2.24) is 9.97 Å². The highest BCUT2D eigenvalue weighted by molar-refractivity contribution is 6.16. The number of pyridine rings is 1. The quantitative estimate of drug-likeness (QED) is 0.464. The van der Waals surface area contributed by atoms with Crippen molar-refractivity contribution in [3.63, 3.8) is 0 Å². The summed E-state index contributed by atoms with van der Waals surface area (Å²) in [5.41, 5.74) is 3.88. The fourth-order valence-electron chi connectivity index (χ4n) is 3.40. The number of nitrogens with zero attached hydrogens (tertiary/aromatic N) is 1. The van der Waals surface area contributed by atoms with E-state index in [9.17, 15) is 4.79 Å². The highest BCUT2D eigenvalue weighted by Crippen LogP contribution is 2.27. The van der Waals surface area contributed by atoms with Gasteiger partial charge in [-0.1, -0.05) is 12.1 Å². The second kappa shape index (κ2) is 8.29. The number of nitrogens with one attached hydrogen (secondary N) is 1. The lowest BCUT2D eigenvalue weighted by atomic mass is 10.0. The summed E-state index contributed by atoms with van der Waals surface area (Å²) < 4.78 is 15.8. The standard InChI is InChI=1S/C24H22N2O4/c1-28-18-6-4-15(5-7-18)8-16-9-21-22(14-26-24(21)25-13-16)23(27)17-10-19(29-2)12-20(11-17)30-3/h4-7,9-14H,8H2,1-3H3,(H,25,26). The Morgan fingerprint density at radius 1 is 0.867 bits per heavy atom. The minimum atomic E-state index is -0.123. The molecule has 2 aromatic heterocycles. The Bertz CT molecular complexity index is 1170. The Morgan fingerprint density at radius 2 is 1.53 bits per heavy atom. The number of hydrogen-bond acceptors (Lipinski definition) is 5. The first-order chi connectivity index (χ1) is 14.6. The van der Waals surface area contributed by atoms with Crippen molar-refractivity contribution in [2.45, 2.75) is 6.42 Å². The van der Waals surface area contributed by atoms with Crippen LogP contribution >= 0.6 is 0 Å². The van der Waals surface area contributed by atoms with Gasteiger partial charge in [-0.05, 0) is 47.9 Å². The van der Waals surface area contributed by atoms with E-state index in [0.29, 0.717) is 34.7 Å². The average molecular weight is 402 g/mol. The molecule has 0 bridgehead atoms. The van der Waals surface area contributed by atoms with Crippen molar-refractivity contribution in [1.29, 1.82) is 0 Å². The van der Waals surface area contributed by atoms with Crippen LogP contribution in [-0.4, -0.2) is 37.1 Å². The average Bonchev–Trinajstić information content (AvgIpc) is 3.22. The van der Waals surface area contributed by atoms with Gasteiger partial charge in [0.05, 0.1) is 21.3 Å². The number of hydrogen-bond donors (Lipinski definition) is 1. The van der Waals surface area contributed by atoms with Crippen LogP contribution < -0.4 is 14.2 Å². The monoisotopic (exact) mass is 402 g/mol. The molecule has 2 heterocycles. The zero-order valence-corrected chi connectivity index (χ0v) is 17.1. The molecule has 1 N–H and O–H groups in total. The van der Waals surface area contributed by atoms with Gasteiger partial charge in [-0.15, -0.1) is 0 Å². The van der Waals surface area contributed by atoms with Crippen LogP contribution in [0.2, 0.25) is 0 Å². The predicted molar refractivity (Wildman–Crippen MR) is 115 cm³/mol. The molecule has 0 amide bonds. The van der Waals surface area contributed by atoms with Crippen LogP contribution in [0.5, 0.6) is 17.2 Å². The number of carbonyl (C=O) groups excluding carboxylic acids is 1. The molecule has 4 rings (SSSR count). The van der Waals surface area contributed by atoms with Crippen LogP contribution in [0.4, 0.5) is 0 Å². The highest BCUT2D eigenvalue weighted by Gasteiger charge is 2.17. The fraction of sp³-hybridized carbons (Fsp3) is 0.167. The summed E-state index contributed by atoms with van der Waals surface area (Å²) in [6.45, 7) is 0. The van der Waals surface area contributed by atoms with Crippen LogP contribution in [0.25, 0.3) is 11.0 Å². The molecule has 0 radical (unpaired) electrons. The molecular weight excluding hydrogens is 380 g/mol. The molecule has 2 aromatic carbocycles. The van der Waals surface area contributed by atoms with E-state index in [1.54, 1.807) is 45.7 Å². The first kappa shape index (κ1) is 19.5. The number of methoxy groups -OCH3 is 3. The normalized spacial score (nSPS) is 10.8. The molecule has 0 aliphatic rings. The first-order valence-electron chi connectivity index (χ1n) is 9.48. The Hall–Kier alpha value is -3.80. The van der Waals surface area contributed by atoms with Crippen molar-refractivity contribution < 1.29 is 19.0 Å². The summed E-state index contributed by atoms with van der Waals surface area (Å²) in [6, 6.07) is 15.1. The summed E-state index contributed by atoms with van der Waals surface area (Å²) in [4.78, 5) is 20.8. The van der Waals surface area contributed by atoms with Crippen molar-refractivity contribution in [3.8, 4) is 17.2 Å². The van der Waals surface area contributed by atoms with Gasteiger partial charge in [0.1, 0.15) is 22.9 Å². The smallest absolute Gasteiger partial charge is 0.195 e. The number of ketones is 1. The maximum absolute atomic E-state index is 13.2. The van der Waals surface area contributed by atoms with E-state index in [1.807, 2.05) is 36.5 Å². The van der Waals surface area contributed by atoms with Crippen molar-refractivity contribution in [2.24, 2.45) is 0 Å². The number of aromatic amines is 1. The van der Waals surface area contributed by atoms with Crippen molar-refractivity contribution >= 4 is 16.8 Å². The van der Waals surface area contributed by atoms with Gasteiger partial charge in [-0.25, -0.2) is 4.98 Å². The van der Waals surface area contributed by atoms with Crippen molar-refractivity contribution in [3.05, 3.63) is 83.2 Å².